The summed E-state index contributed by atoms with van der Waals surface area (Å²) >= 11 is 0. The molecule has 0 aromatic heterocycles. The van der Waals surface area contributed by atoms with Crippen LogP contribution in [0.4, 0.5) is 0 Å². The molecule has 0 spiro atoms. The zero-order chi connectivity index (χ0) is 19.7. The third-order valence-electron chi connectivity index (χ3n) is 2.72. The van der Waals surface area contributed by atoms with Crippen LogP contribution in [-0.2, 0) is 9.59 Å². The third-order valence-corrected chi connectivity index (χ3v) is 2.72. The number of hydrogen-bond acceptors (Lipinski definition) is 8. The summed E-state index contributed by atoms with van der Waals surface area (Å²) in [6.07, 6.45) is 0. The van der Waals surface area contributed by atoms with Gasteiger partial charge in [0.2, 0.25) is 0 Å². The van der Waals surface area contributed by atoms with E-state index in [1.165, 1.54) is 50.2 Å². The fourth-order valence-corrected chi connectivity index (χ4v) is 1.76. The first-order valence-electron chi connectivity index (χ1n) is 7.20. The number of carbonyl (C=O) groups is 4. The third kappa shape index (κ3) is 8.89. The molecule has 0 amide bonds. The van der Waals surface area contributed by atoms with Gasteiger partial charge in [-0.25, -0.2) is 0 Å². The van der Waals surface area contributed by atoms with Crippen molar-refractivity contribution < 1.29 is 38.9 Å². The number of benzene rings is 2. The van der Waals surface area contributed by atoms with Gasteiger partial charge < -0.3 is 29.3 Å². The van der Waals surface area contributed by atoms with Crippen molar-refractivity contribution in [1.29, 1.82) is 0 Å². The Morgan fingerprint density at radius 3 is 1.22 bits per heavy atom. The van der Waals surface area contributed by atoms with Crippen molar-refractivity contribution >= 4 is 72.8 Å². The van der Waals surface area contributed by atoms with Crippen LogP contribution in [0.5, 0.6) is 11.5 Å². The fourth-order valence-electron chi connectivity index (χ4n) is 1.76. The molecule has 2 aromatic carbocycles. The molecule has 27 heavy (non-hydrogen) atoms. The van der Waals surface area contributed by atoms with Gasteiger partial charge in [0.15, 0.2) is 0 Å². The van der Waals surface area contributed by atoms with E-state index < -0.39 is 23.9 Å². The van der Waals surface area contributed by atoms with Crippen molar-refractivity contribution in [2.24, 2.45) is 0 Å². The number of esters is 2. The molecule has 2 aromatic rings. The zero-order valence-corrected chi connectivity index (χ0v) is 19.0. The van der Waals surface area contributed by atoms with E-state index in [1.807, 2.05) is 0 Å². The summed E-state index contributed by atoms with van der Waals surface area (Å²) in [4.78, 5) is 42.1. The summed E-state index contributed by atoms with van der Waals surface area (Å²) in [6.45, 7) is 2.40. The van der Waals surface area contributed by atoms with E-state index in [9.17, 15) is 29.4 Å². The first-order chi connectivity index (χ1) is 12.2. The minimum Gasteiger partial charge on any atom is -0.545 e. The number of carbonyl (C=O) groups excluding carboxylic acids is 4. The summed E-state index contributed by atoms with van der Waals surface area (Å²) in [7, 11) is 0. The molecule has 0 saturated heterocycles. The zero-order valence-electron chi connectivity index (χ0n) is 14.6. The molecule has 0 bridgehead atoms. The van der Waals surface area contributed by atoms with Crippen LogP contribution in [-0.4, -0.2) is 72.8 Å². The molecule has 0 saturated carbocycles. The van der Waals surface area contributed by atoms with Gasteiger partial charge in [-0.1, -0.05) is 24.3 Å². The normalized spacial score (nSPS) is 8.96. The van der Waals surface area contributed by atoms with Gasteiger partial charge in [0.05, 0.1) is 11.9 Å². The number of para-hydroxylation sites is 2. The number of hydrogen-bond donors (Lipinski definition) is 0. The summed E-state index contributed by atoms with van der Waals surface area (Å²) in [6, 6.07) is 11.6. The molecular formula is C18H14BaO8. The second kappa shape index (κ2) is 12.3. The smallest absolute Gasteiger partial charge is 0.545 e. The van der Waals surface area contributed by atoms with E-state index in [0.717, 1.165) is 0 Å². The van der Waals surface area contributed by atoms with Crippen molar-refractivity contribution in [3.8, 4) is 11.5 Å². The van der Waals surface area contributed by atoms with Crippen LogP contribution in [0, 0.1) is 0 Å². The van der Waals surface area contributed by atoms with Gasteiger partial charge in [0, 0.05) is 25.0 Å². The molecule has 9 heteroatoms. The molecule has 2 rings (SSSR count). The number of rotatable bonds is 4. The van der Waals surface area contributed by atoms with E-state index in [4.69, 9.17) is 0 Å². The standard InChI is InChI=1S/2C9H8O4.Ba/c2*1-6(10)13-8-5-3-2-4-7(8)9(11)12;/h2*2-5H,1H3,(H,11,12);/q;;+2/p-2. The van der Waals surface area contributed by atoms with E-state index in [2.05, 4.69) is 9.47 Å². The molecular weight excluding hydrogens is 482 g/mol. The Bertz CT molecular complexity index is 762. The monoisotopic (exact) mass is 496 g/mol. The summed E-state index contributed by atoms with van der Waals surface area (Å²) in [5.41, 5.74) is -0.254. The van der Waals surface area contributed by atoms with E-state index in [0.29, 0.717) is 0 Å². The molecule has 0 atom stereocenters. The van der Waals surface area contributed by atoms with Crippen LogP contribution in [0.15, 0.2) is 48.5 Å². The molecule has 0 fully saturated rings. The predicted molar refractivity (Wildman–Crippen MR) is 89.9 cm³/mol. The van der Waals surface area contributed by atoms with Crippen molar-refractivity contribution in [3.05, 3.63) is 59.7 Å². The minimum absolute atomic E-state index is 0. The quantitative estimate of drug-likeness (QED) is 0.317. The van der Waals surface area contributed by atoms with Crippen LogP contribution in [0.2, 0.25) is 0 Å². The van der Waals surface area contributed by atoms with Crippen molar-refractivity contribution in [2.45, 2.75) is 13.8 Å². The number of carboxylic acids is 2. The summed E-state index contributed by atoms with van der Waals surface area (Å²) in [5.74, 6) is -3.83. The molecule has 0 aliphatic heterocycles. The van der Waals surface area contributed by atoms with Gasteiger partial charge >= 0.3 is 60.8 Å². The second-order valence-corrected chi connectivity index (χ2v) is 4.75. The van der Waals surface area contributed by atoms with Gasteiger partial charge in [-0.2, -0.15) is 0 Å². The maximum atomic E-state index is 10.6. The van der Waals surface area contributed by atoms with Gasteiger partial charge in [-0.15, -0.1) is 0 Å². The van der Waals surface area contributed by atoms with E-state index in [-0.39, 0.29) is 71.5 Å². The van der Waals surface area contributed by atoms with Gasteiger partial charge in [0.25, 0.3) is 0 Å². The first kappa shape index (κ1) is 24.9. The van der Waals surface area contributed by atoms with Gasteiger partial charge in [-0.05, 0) is 24.3 Å². The average molecular weight is 496 g/mol. The number of aromatic carboxylic acids is 2. The molecule has 0 N–H and O–H groups in total. The Labute approximate surface area is 195 Å². The van der Waals surface area contributed by atoms with Gasteiger partial charge in [0.1, 0.15) is 11.5 Å². The Balaban J connectivity index is 0.000000483. The average Bonchev–Trinajstić information content (AvgIpc) is 2.55. The molecule has 0 aliphatic carbocycles. The Hall–Kier alpha value is -2.11. The molecule has 0 heterocycles. The maximum Gasteiger partial charge on any atom is 2.00 e. The van der Waals surface area contributed by atoms with Crippen LogP contribution in [0.25, 0.3) is 0 Å². The SMILES string of the molecule is CC(=O)Oc1ccccc1C(=O)[O-].CC(=O)Oc1ccccc1C(=O)[O-].[Ba+2]. The molecule has 0 unspecified atom stereocenters. The Morgan fingerprint density at radius 1 is 0.667 bits per heavy atom. The number of carboxylic acid groups (broad SMARTS) is 2. The van der Waals surface area contributed by atoms with Crippen molar-refractivity contribution in [1.82, 2.24) is 0 Å². The summed E-state index contributed by atoms with van der Waals surface area (Å²) < 4.78 is 9.29. The van der Waals surface area contributed by atoms with Crippen LogP contribution >= 0.6 is 0 Å². The minimum atomic E-state index is -1.36. The summed E-state index contributed by atoms with van der Waals surface area (Å²) in [5, 5.41) is 21.0. The molecule has 8 nitrogen and oxygen atoms in total. The van der Waals surface area contributed by atoms with E-state index >= 15 is 0 Å². The molecule has 0 aliphatic rings. The van der Waals surface area contributed by atoms with E-state index in [1.54, 1.807) is 12.1 Å². The Morgan fingerprint density at radius 2 is 0.963 bits per heavy atom. The maximum absolute atomic E-state index is 10.6. The number of ether oxygens (including phenoxy) is 2. The Kier molecular flexibility index (Phi) is 11.3. The first-order valence-corrected chi connectivity index (χ1v) is 7.20. The molecule has 136 valence electrons. The van der Waals surface area contributed by atoms with Crippen LogP contribution in [0.1, 0.15) is 34.6 Å². The second-order valence-electron chi connectivity index (χ2n) is 4.75. The van der Waals surface area contributed by atoms with Crippen molar-refractivity contribution in [3.63, 3.8) is 0 Å². The predicted octanol–water partition coefficient (Wildman–Crippen LogP) is -0.430. The largest absolute Gasteiger partial charge is 2.00 e. The van der Waals surface area contributed by atoms with Crippen molar-refractivity contribution in [2.75, 3.05) is 0 Å². The topological polar surface area (TPSA) is 133 Å². The van der Waals surface area contributed by atoms with Crippen LogP contribution in [0.3, 0.4) is 0 Å². The fraction of sp³-hybridized carbons (Fsp3) is 0.111. The van der Waals surface area contributed by atoms with Gasteiger partial charge in [-0.3, -0.25) is 9.59 Å². The van der Waals surface area contributed by atoms with Crippen LogP contribution < -0.4 is 19.7 Å². The molecule has 0 radical (unpaired) electrons.